The Kier molecular flexibility index (Phi) is 6.03. The second-order valence-corrected chi connectivity index (χ2v) is 8.80. The van der Waals surface area contributed by atoms with E-state index in [1.165, 1.54) is 16.9 Å². The minimum absolute atomic E-state index is 0.0894. The molecular formula is C17H24N4O2S2. The third kappa shape index (κ3) is 4.77. The number of hydrogen-bond donors (Lipinski definition) is 1. The van der Waals surface area contributed by atoms with Crippen LogP contribution in [0.15, 0.2) is 18.2 Å². The maximum absolute atomic E-state index is 12.5. The molecule has 0 aliphatic carbocycles. The lowest BCUT2D eigenvalue weighted by Crippen LogP contribution is -2.50. The molecule has 1 unspecified atom stereocenters. The second-order valence-electron chi connectivity index (χ2n) is 6.21. The average molecular weight is 381 g/mol. The number of piperazine rings is 1. The maximum atomic E-state index is 12.5. The van der Waals surface area contributed by atoms with Gasteiger partial charge in [0.05, 0.1) is 10.2 Å². The molecular weight excluding hydrogens is 356 g/mol. The molecule has 2 amide bonds. The van der Waals surface area contributed by atoms with Gasteiger partial charge in [-0.1, -0.05) is 24.3 Å². The predicted octanol–water partition coefficient (Wildman–Crippen LogP) is 2.39. The van der Waals surface area contributed by atoms with E-state index in [4.69, 9.17) is 0 Å². The molecule has 6 nitrogen and oxygen atoms in total. The molecule has 0 spiro atoms. The van der Waals surface area contributed by atoms with Gasteiger partial charge < -0.3 is 4.90 Å². The van der Waals surface area contributed by atoms with E-state index in [9.17, 15) is 9.00 Å². The standard InChI is InChI=1S/C17H24N4O2S2/c1-3-13-4-5-14-15(12-13)24-16(18-14)19-17(22)21-8-6-20(7-9-21)10-11-25(2)23/h4-5,12H,3,6-11H2,1-2H3,(H,18,19,22). The number of fused-ring (bicyclic) bond motifs is 1. The highest BCUT2D eigenvalue weighted by Crippen LogP contribution is 2.27. The number of carbonyl (C=O) groups excluding carboxylic acids is 1. The summed E-state index contributed by atoms with van der Waals surface area (Å²) in [5, 5.41) is 3.58. The molecule has 1 saturated heterocycles. The van der Waals surface area contributed by atoms with E-state index in [-0.39, 0.29) is 6.03 Å². The van der Waals surface area contributed by atoms with Crippen LogP contribution < -0.4 is 5.32 Å². The van der Waals surface area contributed by atoms with Crippen LogP contribution in [0.3, 0.4) is 0 Å². The second kappa shape index (κ2) is 8.25. The summed E-state index contributed by atoms with van der Waals surface area (Å²) < 4.78 is 12.3. The molecule has 25 heavy (non-hydrogen) atoms. The Morgan fingerprint density at radius 2 is 2.08 bits per heavy atom. The number of urea groups is 1. The Morgan fingerprint density at radius 1 is 1.32 bits per heavy atom. The van der Waals surface area contributed by atoms with Gasteiger partial charge in [0.25, 0.3) is 0 Å². The topological polar surface area (TPSA) is 65.5 Å². The lowest BCUT2D eigenvalue weighted by Gasteiger charge is -2.34. The molecule has 1 aliphatic rings. The number of anilines is 1. The molecule has 2 aromatic rings. The zero-order valence-corrected chi connectivity index (χ0v) is 16.3. The van der Waals surface area contributed by atoms with Gasteiger partial charge in [0.15, 0.2) is 5.13 Å². The molecule has 1 aromatic heterocycles. The number of aryl methyl sites for hydroxylation is 1. The Hall–Kier alpha value is -1.51. The zero-order valence-electron chi connectivity index (χ0n) is 14.7. The van der Waals surface area contributed by atoms with Gasteiger partial charge >= 0.3 is 6.03 Å². The van der Waals surface area contributed by atoms with E-state index >= 15 is 0 Å². The molecule has 136 valence electrons. The number of nitrogens with zero attached hydrogens (tertiary/aromatic N) is 3. The van der Waals surface area contributed by atoms with Gasteiger partial charge in [-0.2, -0.15) is 0 Å². The van der Waals surface area contributed by atoms with Gasteiger partial charge in [-0.15, -0.1) is 0 Å². The van der Waals surface area contributed by atoms with E-state index in [0.717, 1.165) is 36.3 Å². The predicted molar refractivity (Wildman–Crippen MR) is 105 cm³/mol. The molecule has 1 fully saturated rings. The lowest BCUT2D eigenvalue weighted by atomic mass is 10.2. The van der Waals surface area contributed by atoms with Crippen molar-refractivity contribution < 1.29 is 9.00 Å². The molecule has 2 heterocycles. The van der Waals surface area contributed by atoms with Crippen molar-refractivity contribution in [1.82, 2.24) is 14.8 Å². The van der Waals surface area contributed by atoms with Gasteiger partial charge in [-0.05, 0) is 24.1 Å². The minimum atomic E-state index is -0.763. The van der Waals surface area contributed by atoms with Gasteiger partial charge in [-0.3, -0.25) is 14.4 Å². The monoisotopic (exact) mass is 380 g/mol. The number of amides is 2. The molecule has 1 atom stereocenters. The lowest BCUT2D eigenvalue weighted by molar-refractivity contribution is 0.152. The number of nitrogens with one attached hydrogen (secondary N) is 1. The average Bonchev–Trinajstić information content (AvgIpc) is 3.01. The van der Waals surface area contributed by atoms with Gasteiger partial charge in [0, 0.05) is 55.5 Å². The van der Waals surface area contributed by atoms with Crippen LogP contribution in [0.2, 0.25) is 0 Å². The van der Waals surface area contributed by atoms with Crippen molar-refractivity contribution in [3.8, 4) is 0 Å². The van der Waals surface area contributed by atoms with Gasteiger partial charge in [-0.25, -0.2) is 9.78 Å². The molecule has 0 radical (unpaired) electrons. The van der Waals surface area contributed by atoms with E-state index in [2.05, 4.69) is 34.3 Å². The van der Waals surface area contributed by atoms with Crippen molar-refractivity contribution in [2.45, 2.75) is 13.3 Å². The maximum Gasteiger partial charge on any atom is 0.323 e. The Balaban J connectivity index is 1.55. The third-order valence-corrected chi connectivity index (χ3v) is 6.12. The molecule has 1 aliphatic heterocycles. The highest BCUT2D eigenvalue weighted by molar-refractivity contribution is 7.84. The molecule has 1 aromatic carbocycles. The number of carbonyl (C=O) groups is 1. The number of aromatic nitrogens is 1. The van der Waals surface area contributed by atoms with Crippen molar-refractivity contribution in [3.63, 3.8) is 0 Å². The van der Waals surface area contributed by atoms with Crippen molar-refractivity contribution in [1.29, 1.82) is 0 Å². The van der Waals surface area contributed by atoms with Crippen LogP contribution in [0, 0.1) is 0 Å². The van der Waals surface area contributed by atoms with Crippen LogP contribution in [0.1, 0.15) is 12.5 Å². The first-order valence-corrected chi connectivity index (χ1v) is 11.1. The molecule has 0 bridgehead atoms. The van der Waals surface area contributed by atoms with Crippen LogP contribution in [0.4, 0.5) is 9.93 Å². The Labute approximate surface area is 154 Å². The fraction of sp³-hybridized carbons (Fsp3) is 0.529. The highest BCUT2D eigenvalue weighted by Gasteiger charge is 2.21. The fourth-order valence-corrected chi connectivity index (χ4v) is 4.28. The summed E-state index contributed by atoms with van der Waals surface area (Å²) >= 11 is 1.52. The van der Waals surface area contributed by atoms with Crippen molar-refractivity contribution in [2.75, 3.05) is 50.0 Å². The first-order valence-electron chi connectivity index (χ1n) is 8.53. The summed E-state index contributed by atoms with van der Waals surface area (Å²) in [4.78, 5) is 21.0. The number of benzene rings is 1. The summed E-state index contributed by atoms with van der Waals surface area (Å²) in [5.41, 5.74) is 2.20. The molecule has 8 heteroatoms. The van der Waals surface area contributed by atoms with E-state index in [1.807, 2.05) is 11.0 Å². The van der Waals surface area contributed by atoms with Crippen LogP contribution in [0.25, 0.3) is 10.2 Å². The molecule has 3 rings (SSSR count). The van der Waals surface area contributed by atoms with Crippen molar-refractivity contribution in [2.24, 2.45) is 0 Å². The smallest absolute Gasteiger partial charge is 0.322 e. The first kappa shape index (κ1) is 18.3. The van der Waals surface area contributed by atoms with Crippen LogP contribution in [-0.4, -0.2) is 69.8 Å². The van der Waals surface area contributed by atoms with Gasteiger partial charge in [0.2, 0.25) is 0 Å². The normalized spacial score (nSPS) is 17.0. The zero-order chi connectivity index (χ0) is 17.8. The SMILES string of the molecule is CCc1ccc2nc(NC(=O)N3CCN(CCS(C)=O)CC3)sc2c1. The largest absolute Gasteiger partial charge is 0.323 e. The van der Waals surface area contributed by atoms with Crippen molar-refractivity contribution >= 4 is 43.5 Å². The summed E-state index contributed by atoms with van der Waals surface area (Å²) in [7, 11) is -0.763. The van der Waals surface area contributed by atoms with E-state index < -0.39 is 10.8 Å². The third-order valence-electron chi connectivity index (χ3n) is 4.43. The number of hydrogen-bond acceptors (Lipinski definition) is 5. The summed E-state index contributed by atoms with van der Waals surface area (Å²) in [6.45, 7) is 5.98. The van der Waals surface area contributed by atoms with Crippen molar-refractivity contribution in [3.05, 3.63) is 23.8 Å². The quantitative estimate of drug-likeness (QED) is 0.865. The van der Waals surface area contributed by atoms with E-state index in [1.54, 1.807) is 6.26 Å². The highest BCUT2D eigenvalue weighted by atomic mass is 32.2. The van der Waals surface area contributed by atoms with Gasteiger partial charge in [0.1, 0.15) is 0 Å². The first-order chi connectivity index (χ1) is 12.0. The minimum Gasteiger partial charge on any atom is -0.322 e. The Bertz CT molecular complexity index is 769. The number of rotatable bonds is 5. The summed E-state index contributed by atoms with van der Waals surface area (Å²) in [6, 6.07) is 6.14. The molecule has 0 saturated carbocycles. The van der Waals surface area contributed by atoms with E-state index in [0.29, 0.717) is 24.0 Å². The van der Waals surface area contributed by atoms with Crippen LogP contribution >= 0.6 is 11.3 Å². The number of thiazole rings is 1. The fourth-order valence-electron chi connectivity index (χ4n) is 2.85. The van der Waals surface area contributed by atoms with Crippen LogP contribution in [-0.2, 0) is 17.2 Å². The van der Waals surface area contributed by atoms with Crippen LogP contribution in [0.5, 0.6) is 0 Å². The Morgan fingerprint density at radius 3 is 2.76 bits per heavy atom. The summed E-state index contributed by atoms with van der Waals surface area (Å²) in [6.07, 6.45) is 2.72. The summed E-state index contributed by atoms with van der Waals surface area (Å²) in [5.74, 6) is 0.692. The molecule has 1 N–H and O–H groups in total.